The highest BCUT2D eigenvalue weighted by atomic mass is 127. The maximum atomic E-state index is 14.0. The minimum absolute atomic E-state index is 0. The van der Waals surface area contributed by atoms with Crippen molar-refractivity contribution in [3.63, 3.8) is 0 Å². The number of para-hydroxylation sites is 1. The number of rotatable bonds is 3. The summed E-state index contributed by atoms with van der Waals surface area (Å²) in [7, 11) is 2.72. The first-order chi connectivity index (χ1) is 12.0. The SMILES string of the molecule is COc1c(F)c(F)c(/C=C/c2ccc3ccccc3[n+]2C)c(F)c1F.[I-]. The topological polar surface area (TPSA) is 13.1 Å². The van der Waals surface area contributed by atoms with Crippen LogP contribution in [0.25, 0.3) is 23.1 Å². The van der Waals surface area contributed by atoms with Crippen LogP contribution in [0.1, 0.15) is 11.3 Å². The molecule has 3 aromatic rings. The van der Waals surface area contributed by atoms with Gasteiger partial charge >= 0.3 is 0 Å². The van der Waals surface area contributed by atoms with E-state index < -0.39 is 34.6 Å². The molecule has 0 fully saturated rings. The van der Waals surface area contributed by atoms with Crippen LogP contribution in [0.3, 0.4) is 0 Å². The number of aromatic nitrogens is 1. The lowest BCUT2D eigenvalue weighted by molar-refractivity contribution is -0.646. The van der Waals surface area contributed by atoms with Gasteiger partial charge in [-0.25, -0.2) is 8.78 Å². The summed E-state index contributed by atoms with van der Waals surface area (Å²) in [4.78, 5) is 0. The molecule has 0 aliphatic carbocycles. The first-order valence-corrected chi connectivity index (χ1v) is 7.41. The quantitative estimate of drug-likeness (QED) is 0.242. The molecule has 0 N–H and O–H groups in total. The standard InChI is InChI=1S/C19H14F4NO.HI/c1-24-12(8-7-11-5-3-4-6-14(11)24)9-10-13-15(20)17(22)19(25-2)18(23)16(13)21;/h3-10H,1-2H3;1H/q+1;/p-1/b10-9+;. The van der Waals surface area contributed by atoms with Gasteiger partial charge in [-0.3, -0.25) is 0 Å². The number of pyridine rings is 1. The molecule has 0 atom stereocenters. The summed E-state index contributed by atoms with van der Waals surface area (Å²) in [6.07, 6.45) is 2.39. The van der Waals surface area contributed by atoms with Gasteiger partial charge in [0.05, 0.1) is 12.7 Å². The van der Waals surface area contributed by atoms with E-state index in [1.807, 2.05) is 30.3 Å². The fraction of sp³-hybridized carbons (Fsp3) is 0.105. The average Bonchev–Trinajstić information content (AvgIpc) is 2.62. The van der Waals surface area contributed by atoms with Crippen LogP contribution >= 0.6 is 0 Å². The average molecular weight is 475 g/mol. The van der Waals surface area contributed by atoms with Gasteiger partial charge in [0.25, 0.3) is 0 Å². The summed E-state index contributed by atoms with van der Waals surface area (Å²) in [5.41, 5.74) is 0.704. The van der Waals surface area contributed by atoms with E-state index >= 15 is 0 Å². The van der Waals surface area contributed by atoms with Crippen LogP contribution in [0.5, 0.6) is 5.75 Å². The number of hydrogen-bond acceptors (Lipinski definition) is 1. The lowest BCUT2D eigenvalue weighted by Gasteiger charge is -2.08. The van der Waals surface area contributed by atoms with Crippen molar-refractivity contribution >= 4 is 23.1 Å². The van der Waals surface area contributed by atoms with Crippen molar-refractivity contribution in [3.05, 3.63) is 70.9 Å². The lowest BCUT2D eigenvalue weighted by atomic mass is 10.1. The number of methoxy groups -OCH3 is 1. The van der Waals surface area contributed by atoms with Crippen LogP contribution < -0.4 is 33.3 Å². The zero-order chi connectivity index (χ0) is 18.1. The molecule has 136 valence electrons. The van der Waals surface area contributed by atoms with Gasteiger partial charge in [0.15, 0.2) is 17.4 Å². The molecule has 3 rings (SSSR count). The molecule has 1 aromatic heterocycles. The summed E-state index contributed by atoms with van der Waals surface area (Å²) < 4.78 is 61.8. The first kappa shape index (κ1) is 20.2. The largest absolute Gasteiger partial charge is 1.00 e. The van der Waals surface area contributed by atoms with E-state index in [0.717, 1.165) is 24.1 Å². The van der Waals surface area contributed by atoms with E-state index in [0.29, 0.717) is 5.69 Å². The fourth-order valence-electron chi connectivity index (χ4n) is 2.65. The van der Waals surface area contributed by atoms with Crippen LogP contribution in [0, 0.1) is 23.3 Å². The van der Waals surface area contributed by atoms with Crippen LogP contribution in [-0.4, -0.2) is 7.11 Å². The minimum Gasteiger partial charge on any atom is -1.00 e. The number of benzene rings is 2. The van der Waals surface area contributed by atoms with E-state index in [1.54, 1.807) is 17.7 Å². The van der Waals surface area contributed by atoms with Crippen LogP contribution in [0.2, 0.25) is 0 Å². The van der Waals surface area contributed by atoms with Gasteiger partial charge in [-0.1, -0.05) is 12.1 Å². The fourth-order valence-corrected chi connectivity index (χ4v) is 2.65. The Morgan fingerprint density at radius 2 is 1.46 bits per heavy atom. The van der Waals surface area contributed by atoms with Gasteiger partial charge in [0.2, 0.25) is 22.8 Å². The van der Waals surface area contributed by atoms with Crippen LogP contribution in [0.4, 0.5) is 17.6 Å². The summed E-state index contributed by atoms with van der Waals surface area (Å²) in [6.45, 7) is 0. The predicted molar refractivity (Wildman–Crippen MR) is 86.9 cm³/mol. The Morgan fingerprint density at radius 3 is 2.08 bits per heavy atom. The third-order valence-corrected chi connectivity index (χ3v) is 4.00. The molecule has 7 heteroatoms. The van der Waals surface area contributed by atoms with Gasteiger partial charge in [-0.15, -0.1) is 0 Å². The third-order valence-electron chi connectivity index (χ3n) is 4.00. The minimum atomic E-state index is -1.57. The second-order valence-corrected chi connectivity index (χ2v) is 5.41. The van der Waals surface area contributed by atoms with Gasteiger partial charge in [0, 0.05) is 23.6 Å². The van der Waals surface area contributed by atoms with Gasteiger partial charge in [-0.05, 0) is 18.2 Å². The predicted octanol–water partition coefficient (Wildman–Crippen LogP) is 1.40. The molecule has 0 saturated heterocycles. The second-order valence-electron chi connectivity index (χ2n) is 5.41. The monoisotopic (exact) mass is 475 g/mol. The summed E-state index contributed by atoms with van der Waals surface area (Å²) in [6, 6.07) is 11.2. The molecule has 0 unspecified atom stereocenters. The maximum Gasteiger partial charge on any atom is 0.212 e. The van der Waals surface area contributed by atoms with Crippen molar-refractivity contribution in [1.82, 2.24) is 0 Å². The van der Waals surface area contributed by atoms with Crippen molar-refractivity contribution in [2.75, 3.05) is 7.11 Å². The number of aryl methyl sites for hydroxylation is 1. The van der Waals surface area contributed by atoms with Gasteiger partial charge < -0.3 is 28.7 Å². The van der Waals surface area contributed by atoms with Crippen molar-refractivity contribution in [3.8, 4) is 5.75 Å². The normalized spacial score (nSPS) is 11.0. The molecule has 1 heterocycles. The molecular formula is C19H14F4INO. The van der Waals surface area contributed by atoms with Crippen molar-refractivity contribution in [2.45, 2.75) is 0 Å². The van der Waals surface area contributed by atoms with Crippen molar-refractivity contribution in [1.29, 1.82) is 0 Å². The molecule has 0 bridgehead atoms. The molecule has 0 spiro atoms. The second kappa shape index (κ2) is 8.03. The number of hydrogen-bond donors (Lipinski definition) is 0. The Balaban J connectivity index is 0.00000243. The zero-order valence-corrected chi connectivity index (χ0v) is 16.0. The Labute approximate surface area is 164 Å². The van der Waals surface area contributed by atoms with E-state index in [1.165, 1.54) is 6.08 Å². The zero-order valence-electron chi connectivity index (χ0n) is 13.9. The maximum absolute atomic E-state index is 14.0. The highest BCUT2D eigenvalue weighted by Crippen LogP contribution is 2.30. The third kappa shape index (κ3) is 3.40. The van der Waals surface area contributed by atoms with Gasteiger partial charge in [-0.2, -0.15) is 13.3 Å². The van der Waals surface area contributed by atoms with E-state index in [9.17, 15) is 17.6 Å². The van der Waals surface area contributed by atoms with Gasteiger partial charge in [0.1, 0.15) is 7.05 Å². The smallest absolute Gasteiger partial charge is 0.212 e. The highest BCUT2D eigenvalue weighted by molar-refractivity contribution is 5.77. The van der Waals surface area contributed by atoms with E-state index in [-0.39, 0.29) is 24.0 Å². The number of halogens is 5. The molecule has 0 radical (unpaired) electrons. The summed E-state index contributed by atoms with van der Waals surface area (Å²) in [5.74, 6) is -7.22. The molecule has 2 aromatic carbocycles. The summed E-state index contributed by atoms with van der Waals surface area (Å²) in [5, 5.41) is 0.987. The van der Waals surface area contributed by atoms with Crippen molar-refractivity contribution in [2.24, 2.45) is 7.05 Å². The Hall–Kier alpha value is -2.16. The molecular weight excluding hydrogens is 461 g/mol. The summed E-state index contributed by atoms with van der Waals surface area (Å²) >= 11 is 0. The van der Waals surface area contributed by atoms with Crippen LogP contribution in [0.15, 0.2) is 36.4 Å². The molecule has 0 aliphatic heterocycles. The van der Waals surface area contributed by atoms with E-state index in [4.69, 9.17) is 0 Å². The Kier molecular flexibility index (Phi) is 6.22. The molecule has 26 heavy (non-hydrogen) atoms. The first-order valence-electron chi connectivity index (χ1n) is 7.41. The molecule has 2 nitrogen and oxygen atoms in total. The number of nitrogens with zero attached hydrogens (tertiary/aromatic N) is 1. The van der Waals surface area contributed by atoms with Crippen molar-refractivity contribution < 1.29 is 50.8 Å². The molecule has 0 saturated carbocycles. The molecule has 0 amide bonds. The van der Waals surface area contributed by atoms with E-state index in [2.05, 4.69) is 4.74 Å². The Morgan fingerprint density at radius 1 is 0.846 bits per heavy atom. The highest BCUT2D eigenvalue weighted by Gasteiger charge is 2.25. The van der Waals surface area contributed by atoms with Crippen LogP contribution in [-0.2, 0) is 7.05 Å². The molecule has 0 aliphatic rings. The number of fused-ring (bicyclic) bond motifs is 1. The Bertz CT molecular complexity index is 975. The number of ether oxygens (including phenoxy) is 1. The lowest BCUT2D eigenvalue weighted by Crippen LogP contribution is -3.00.